The molecule has 1 aromatic carbocycles. The highest BCUT2D eigenvalue weighted by atomic mass is 79.9. The van der Waals surface area contributed by atoms with E-state index in [1.54, 1.807) is 6.08 Å². The molecule has 0 radical (unpaired) electrons. The fourth-order valence-corrected chi connectivity index (χ4v) is 1.67. The summed E-state index contributed by atoms with van der Waals surface area (Å²) in [5, 5.41) is 0. The van der Waals surface area contributed by atoms with Crippen LogP contribution < -0.4 is 11.5 Å². The summed E-state index contributed by atoms with van der Waals surface area (Å²) in [6.07, 6.45) is 1.66. The number of halogens is 1. The number of benzene rings is 1. The van der Waals surface area contributed by atoms with Crippen molar-refractivity contribution in [1.29, 1.82) is 0 Å². The van der Waals surface area contributed by atoms with E-state index in [1.807, 2.05) is 18.2 Å². The number of anilines is 1. The minimum atomic E-state index is -0.208. The van der Waals surface area contributed by atoms with E-state index < -0.39 is 0 Å². The number of nitrogen functional groups attached to an aromatic ring is 1. The smallest absolute Gasteiger partial charge is 0.0510 e. The monoisotopic (exact) mass is 226 g/mol. The summed E-state index contributed by atoms with van der Waals surface area (Å²) in [5.41, 5.74) is 13.1. The molecule has 0 heterocycles. The second kappa shape index (κ2) is 3.74. The molecule has 0 saturated heterocycles. The van der Waals surface area contributed by atoms with Gasteiger partial charge in [-0.2, -0.15) is 0 Å². The molecule has 1 atom stereocenters. The van der Waals surface area contributed by atoms with E-state index in [4.69, 9.17) is 11.5 Å². The van der Waals surface area contributed by atoms with E-state index in [1.165, 1.54) is 0 Å². The van der Waals surface area contributed by atoms with Crippen LogP contribution in [0.15, 0.2) is 35.3 Å². The number of nitrogens with two attached hydrogens (primary N) is 2. The first kappa shape index (κ1) is 9.29. The average molecular weight is 227 g/mol. The Hall–Kier alpha value is -0.800. The molecule has 0 saturated carbocycles. The zero-order valence-electron chi connectivity index (χ0n) is 6.63. The van der Waals surface area contributed by atoms with Gasteiger partial charge in [-0.3, -0.25) is 0 Å². The summed E-state index contributed by atoms with van der Waals surface area (Å²) in [6.45, 7) is 3.62. The molecule has 4 N–H and O–H groups in total. The molecule has 0 aromatic heterocycles. The van der Waals surface area contributed by atoms with Crippen molar-refractivity contribution >= 4 is 21.6 Å². The maximum atomic E-state index is 5.77. The third-order valence-corrected chi connectivity index (χ3v) is 2.37. The predicted molar refractivity (Wildman–Crippen MR) is 55.7 cm³/mol. The van der Waals surface area contributed by atoms with Crippen LogP contribution in [0.1, 0.15) is 11.6 Å². The Balaban J connectivity index is 3.20. The Kier molecular flexibility index (Phi) is 2.89. The summed E-state index contributed by atoms with van der Waals surface area (Å²) in [7, 11) is 0. The second-order valence-corrected chi connectivity index (χ2v) is 3.36. The SMILES string of the molecule is C=C[C@H](N)c1c(N)cccc1Br. The Labute approximate surface area is 80.4 Å². The zero-order valence-corrected chi connectivity index (χ0v) is 8.21. The van der Waals surface area contributed by atoms with Crippen molar-refractivity contribution in [2.24, 2.45) is 5.73 Å². The fourth-order valence-electron chi connectivity index (χ4n) is 1.02. The lowest BCUT2D eigenvalue weighted by Gasteiger charge is -2.11. The van der Waals surface area contributed by atoms with Gasteiger partial charge in [0.25, 0.3) is 0 Å². The zero-order chi connectivity index (χ0) is 9.14. The normalized spacial score (nSPS) is 12.5. The average Bonchev–Trinajstić information content (AvgIpc) is 2.03. The van der Waals surface area contributed by atoms with Gasteiger partial charge in [-0.25, -0.2) is 0 Å². The molecular formula is C9H11BrN2. The van der Waals surface area contributed by atoms with Crippen molar-refractivity contribution in [2.45, 2.75) is 6.04 Å². The highest BCUT2D eigenvalue weighted by molar-refractivity contribution is 9.10. The van der Waals surface area contributed by atoms with Gasteiger partial charge in [0.15, 0.2) is 0 Å². The van der Waals surface area contributed by atoms with Crippen LogP contribution in [0.3, 0.4) is 0 Å². The second-order valence-electron chi connectivity index (χ2n) is 2.50. The standard InChI is InChI=1S/C9H11BrN2/c1-2-7(11)9-6(10)4-3-5-8(9)12/h2-5,7H,1,11-12H2/t7-/m0/s1. The van der Waals surface area contributed by atoms with Crippen LogP contribution in [0.2, 0.25) is 0 Å². The Morgan fingerprint density at radius 1 is 1.50 bits per heavy atom. The number of hydrogen-bond acceptors (Lipinski definition) is 2. The largest absolute Gasteiger partial charge is 0.398 e. The molecule has 12 heavy (non-hydrogen) atoms. The molecule has 1 rings (SSSR count). The van der Waals surface area contributed by atoms with Crippen LogP contribution in [0.25, 0.3) is 0 Å². The summed E-state index contributed by atoms with van der Waals surface area (Å²) in [4.78, 5) is 0. The van der Waals surface area contributed by atoms with Gasteiger partial charge in [-0.1, -0.05) is 28.1 Å². The lowest BCUT2D eigenvalue weighted by molar-refractivity contribution is 0.911. The molecule has 0 aliphatic heterocycles. The lowest BCUT2D eigenvalue weighted by atomic mass is 10.1. The highest BCUT2D eigenvalue weighted by Crippen LogP contribution is 2.27. The molecular weight excluding hydrogens is 216 g/mol. The van der Waals surface area contributed by atoms with Crippen LogP contribution in [0.4, 0.5) is 5.69 Å². The summed E-state index contributed by atoms with van der Waals surface area (Å²) in [5.74, 6) is 0. The van der Waals surface area contributed by atoms with Gasteiger partial charge in [0, 0.05) is 15.7 Å². The fraction of sp³-hybridized carbons (Fsp3) is 0.111. The highest BCUT2D eigenvalue weighted by Gasteiger charge is 2.08. The van der Waals surface area contributed by atoms with Crippen LogP contribution in [0, 0.1) is 0 Å². The molecule has 1 aromatic rings. The topological polar surface area (TPSA) is 52.0 Å². The summed E-state index contributed by atoms with van der Waals surface area (Å²) in [6, 6.07) is 5.40. The van der Waals surface area contributed by atoms with Crippen LogP contribution in [-0.4, -0.2) is 0 Å². The van der Waals surface area contributed by atoms with Gasteiger partial charge in [-0.15, -0.1) is 6.58 Å². The quantitative estimate of drug-likeness (QED) is 0.601. The molecule has 0 fully saturated rings. The molecule has 0 unspecified atom stereocenters. The first-order valence-electron chi connectivity index (χ1n) is 3.59. The van der Waals surface area contributed by atoms with Gasteiger partial charge in [0.05, 0.1) is 6.04 Å². The van der Waals surface area contributed by atoms with Crippen molar-refractivity contribution in [2.75, 3.05) is 5.73 Å². The minimum absolute atomic E-state index is 0.208. The van der Waals surface area contributed by atoms with Crippen molar-refractivity contribution in [3.8, 4) is 0 Å². The summed E-state index contributed by atoms with van der Waals surface area (Å²) < 4.78 is 0.926. The minimum Gasteiger partial charge on any atom is -0.398 e. The molecule has 64 valence electrons. The molecule has 2 nitrogen and oxygen atoms in total. The molecule has 0 bridgehead atoms. The van der Waals surface area contributed by atoms with Crippen molar-refractivity contribution < 1.29 is 0 Å². The Bertz CT molecular complexity index is 276. The molecule has 0 aliphatic carbocycles. The van der Waals surface area contributed by atoms with Crippen molar-refractivity contribution in [3.05, 3.63) is 40.9 Å². The van der Waals surface area contributed by atoms with E-state index in [-0.39, 0.29) is 6.04 Å². The van der Waals surface area contributed by atoms with E-state index in [2.05, 4.69) is 22.5 Å². The maximum Gasteiger partial charge on any atom is 0.0510 e. The number of rotatable bonds is 2. The maximum absolute atomic E-state index is 5.77. The molecule has 0 spiro atoms. The van der Waals surface area contributed by atoms with Gasteiger partial charge < -0.3 is 11.5 Å². The number of hydrogen-bond donors (Lipinski definition) is 2. The van der Waals surface area contributed by atoms with Crippen LogP contribution in [0.5, 0.6) is 0 Å². The third-order valence-electron chi connectivity index (χ3n) is 1.67. The van der Waals surface area contributed by atoms with E-state index in [0.29, 0.717) is 5.69 Å². The summed E-state index contributed by atoms with van der Waals surface area (Å²) >= 11 is 3.38. The Morgan fingerprint density at radius 2 is 2.17 bits per heavy atom. The first-order valence-corrected chi connectivity index (χ1v) is 4.38. The van der Waals surface area contributed by atoms with E-state index in [9.17, 15) is 0 Å². The van der Waals surface area contributed by atoms with Gasteiger partial charge >= 0.3 is 0 Å². The van der Waals surface area contributed by atoms with Gasteiger partial charge in [0.1, 0.15) is 0 Å². The third kappa shape index (κ3) is 1.68. The van der Waals surface area contributed by atoms with Crippen molar-refractivity contribution in [3.63, 3.8) is 0 Å². The predicted octanol–water partition coefficient (Wildman–Crippen LogP) is 2.22. The molecule has 0 amide bonds. The molecule has 3 heteroatoms. The van der Waals surface area contributed by atoms with Gasteiger partial charge in [-0.05, 0) is 12.1 Å². The van der Waals surface area contributed by atoms with Crippen LogP contribution in [-0.2, 0) is 0 Å². The van der Waals surface area contributed by atoms with Gasteiger partial charge in [0.2, 0.25) is 0 Å². The lowest BCUT2D eigenvalue weighted by Crippen LogP contribution is -2.09. The van der Waals surface area contributed by atoms with Crippen LogP contribution >= 0.6 is 15.9 Å². The van der Waals surface area contributed by atoms with E-state index >= 15 is 0 Å². The first-order chi connectivity index (χ1) is 5.66. The van der Waals surface area contributed by atoms with Crippen molar-refractivity contribution in [1.82, 2.24) is 0 Å². The molecule has 0 aliphatic rings. The van der Waals surface area contributed by atoms with E-state index in [0.717, 1.165) is 10.0 Å². The Morgan fingerprint density at radius 3 is 2.67 bits per heavy atom.